The number of piperidine rings is 1. The van der Waals surface area contributed by atoms with Crippen LogP contribution in [-0.4, -0.2) is 42.1 Å². The minimum Gasteiger partial charge on any atom is -0.387 e. The number of likely N-dealkylation sites (tertiary alicyclic amines) is 1. The topological polar surface area (TPSA) is 52.6 Å². The zero-order chi connectivity index (χ0) is 18.4. The number of benzene rings is 1. The van der Waals surface area contributed by atoms with Gasteiger partial charge >= 0.3 is 0 Å². The zero-order valence-electron chi connectivity index (χ0n) is 15.6. The highest BCUT2D eigenvalue weighted by molar-refractivity contribution is 5.78. The van der Waals surface area contributed by atoms with Crippen molar-refractivity contribution in [2.45, 2.75) is 45.1 Å². The first-order valence-corrected chi connectivity index (χ1v) is 9.03. The quantitative estimate of drug-likeness (QED) is 0.809. The minimum atomic E-state index is -0.681. The Balaban J connectivity index is 1.81. The molecule has 1 aromatic carbocycles. The van der Waals surface area contributed by atoms with E-state index in [1.54, 1.807) is 0 Å². The maximum absolute atomic E-state index is 12.3. The first kappa shape index (κ1) is 19.5. The number of aliphatic hydroxyl groups excluding tert-OH is 1. The van der Waals surface area contributed by atoms with E-state index in [1.807, 2.05) is 24.3 Å². The molecule has 1 aliphatic heterocycles. The van der Waals surface area contributed by atoms with Crippen LogP contribution < -0.4 is 5.32 Å². The van der Waals surface area contributed by atoms with Crippen LogP contribution in [0.4, 0.5) is 0 Å². The second-order valence-electron chi connectivity index (χ2n) is 7.89. The predicted octanol–water partition coefficient (Wildman–Crippen LogP) is 2.48. The van der Waals surface area contributed by atoms with Gasteiger partial charge in [-0.3, -0.25) is 9.69 Å². The van der Waals surface area contributed by atoms with Crippen molar-refractivity contribution in [2.24, 2.45) is 5.92 Å². The number of rotatable bonds is 5. The van der Waals surface area contributed by atoms with Crippen molar-refractivity contribution < 1.29 is 9.90 Å². The Morgan fingerprint density at radius 3 is 2.44 bits per heavy atom. The van der Waals surface area contributed by atoms with Crippen molar-refractivity contribution >= 4 is 5.91 Å². The summed E-state index contributed by atoms with van der Waals surface area (Å²) in [6, 6.07) is 7.97. The van der Waals surface area contributed by atoms with Crippen molar-refractivity contribution in [1.82, 2.24) is 10.2 Å². The molecule has 1 fully saturated rings. The summed E-state index contributed by atoms with van der Waals surface area (Å²) in [4.78, 5) is 14.5. The summed E-state index contributed by atoms with van der Waals surface area (Å²) in [6.07, 6.45) is 6.29. The molecule has 0 aromatic heterocycles. The van der Waals surface area contributed by atoms with Crippen molar-refractivity contribution in [3.05, 3.63) is 35.4 Å². The number of hydrogen-bond acceptors (Lipinski definition) is 3. The number of terminal acetylenes is 1. The largest absolute Gasteiger partial charge is 0.387 e. The van der Waals surface area contributed by atoms with E-state index < -0.39 is 6.10 Å². The van der Waals surface area contributed by atoms with E-state index >= 15 is 0 Å². The van der Waals surface area contributed by atoms with Gasteiger partial charge in [-0.05, 0) is 42.5 Å². The van der Waals surface area contributed by atoms with E-state index in [0.717, 1.165) is 31.5 Å². The van der Waals surface area contributed by atoms with Gasteiger partial charge in [0.25, 0.3) is 0 Å². The number of carbonyl (C=O) groups excluding carboxylic acids is 1. The van der Waals surface area contributed by atoms with Gasteiger partial charge in [-0.25, -0.2) is 0 Å². The lowest BCUT2D eigenvalue weighted by Crippen LogP contribution is -2.41. The average Bonchev–Trinajstić information content (AvgIpc) is 2.59. The third kappa shape index (κ3) is 5.59. The van der Waals surface area contributed by atoms with Crippen LogP contribution in [0.2, 0.25) is 0 Å². The molecule has 1 aromatic rings. The molecule has 0 saturated carbocycles. The molecule has 2 N–H and O–H groups in total. The Morgan fingerprint density at radius 1 is 1.32 bits per heavy atom. The molecule has 1 amide bonds. The summed E-state index contributed by atoms with van der Waals surface area (Å²) in [5, 5.41) is 13.2. The molecule has 1 aliphatic rings. The fraction of sp³-hybridized carbons (Fsp3) is 0.571. The number of hydrogen-bond donors (Lipinski definition) is 2. The van der Waals surface area contributed by atoms with Crippen molar-refractivity contribution in [3.8, 4) is 12.3 Å². The van der Waals surface area contributed by atoms with Gasteiger partial charge in [0, 0.05) is 12.5 Å². The number of amides is 1. The molecular weight excluding hydrogens is 312 g/mol. The fourth-order valence-corrected chi connectivity index (χ4v) is 3.15. The highest BCUT2D eigenvalue weighted by Gasteiger charge is 2.25. The molecule has 1 saturated heterocycles. The Hall–Kier alpha value is -1.83. The van der Waals surface area contributed by atoms with Gasteiger partial charge in [-0.15, -0.1) is 6.42 Å². The second kappa shape index (κ2) is 8.51. The molecule has 25 heavy (non-hydrogen) atoms. The minimum absolute atomic E-state index is 0.0180. The number of nitrogens with zero attached hydrogens (tertiary/aromatic N) is 1. The van der Waals surface area contributed by atoms with Crippen LogP contribution in [0.3, 0.4) is 0 Å². The van der Waals surface area contributed by atoms with Gasteiger partial charge in [0.15, 0.2) is 0 Å². The summed E-state index contributed by atoms with van der Waals surface area (Å²) in [5.74, 6) is 2.70. The van der Waals surface area contributed by atoms with Gasteiger partial charge in [0.1, 0.15) is 0 Å². The van der Waals surface area contributed by atoms with Crippen LogP contribution in [0.5, 0.6) is 0 Å². The summed E-state index contributed by atoms with van der Waals surface area (Å²) in [5.41, 5.74) is 2.15. The molecule has 1 heterocycles. The van der Waals surface area contributed by atoms with E-state index in [4.69, 9.17) is 6.42 Å². The summed E-state index contributed by atoms with van der Waals surface area (Å²) < 4.78 is 0. The smallest absolute Gasteiger partial charge is 0.223 e. The van der Waals surface area contributed by atoms with Gasteiger partial charge in [0.05, 0.1) is 12.6 Å². The van der Waals surface area contributed by atoms with Crippen LogP contribution in [-0.2, 0) is 10.2 Å². The molecule has 0 aliphatic carbocycles. The molecule has 2 rings (SSSR count). The molecule has 0 spiro atoms. The predicted molar refractivity (Wildman–Crippen MR) is 101 cm³/mol. The van der Waals surface area contributed by atoms with Crippen molar-refractivity contribution in [1.29, 1.82) is 0 Å². The maximum atomic E-state index is 12.3. The Labute approximate surface area is 151 Å². The van der Waals surface area contributed by atoms with E-state index in [2.05, 4.69) is 36.9 Å². The maximum Gasteiger partial charge on any atom is 0.223 e. The van der Waals surface area contributed by atoms with E-state index in [9.17, 15) is 9.90 Å². The van der Waals surface area contributed by atoms with Gasteiger partial charge in [-0.1, -0.05) is 51.0 Å². The number of carbonyl (C=O) groups is 1. The summed E-state index contributed by atoms with van der Waals surface area (Å²) in [7, 11) is 0. The normalized spacial score (nSPS) is 17.7. The average molecular weight is 342 g/mol. The van der Waals surface area contributed by atoms with E-state index in [0.29, 0.717) is 6.54 Å². The number of aliphatic hydroxyl groups is 1. The van der Waals surface area contributed by atoms with Crippen molar-refractivity contribution in [3.63, 3.8) is 0 Å². The molecule has 0 unspecified atom stereocenters. The second-order valence-corrected chi connectivity index (χ2v) is 7.89. The van der Waals surface area contributed by atoms with Gasteiger partial charge < -0.3 is 10.4 Å². The highest BCUT2D eigenvalue weighted by atomic mass is 16.3. The fourth-order valence-electron chi connectivity index (χ4n) is 3.15. The molecule has 0 bridgehead atoms. The van der Waals surface area contributed by atoms with Gasteiger partial charge in [-0.2, -0.15) is 0 Å². The van der Waals surface area contributed by atoms with E-state index in [-0.39, 0.29) is 23.8 Å². The monoisotopic (exact) mass is 342 g/mol. The van der Waals surface area contributed by atoms with Crippen LogP contribution in [0, 0.1) is 18.3 Å². The first-order valence-electron chi connectivity index (χ1n) is 9.03. The standard InChI is InChI=1S/C21H30N2O2/c1-5-12-23-13-10-17(11-14-23)20(25)22-15-19(24)16-6-8-18(9-7-16)21(2,3)4/h1,6-9,17,19,24H,10-15H2,2-4H3,(H,22,25)/t19-/m0/s1. The lowest BCUT2D eigenvalue weighted by molar-refractivity contribution is -0.126. The Kier molecular flexibility index (Phi) is 6.64. The Morgan fingerprint density at radius 2 is 1.92 bits per heavy atom. The van der Waals surface area contributed by atoms with Crippen LogP contribution in [0.1, 0.15) is 50.8 Å². The SMILES string of the molecule is C#CCN1CCC(C(=O)NC[C@H](O)c2ccc(C(C)(C)C)cc2)CC1. The van der Waals surface area contributed by atoms with Crippen LogP contribution in [0.25, 0.3) is 0 Å². The Bertz CT molecular complexity index is 602. The highest BCUT2D eigenvalue weighted by Crippen LogP contribution is 2.24. The molecule has 136 valence electrons. The van der Waals surface area contributed by atoms with Crippen molar-refractivity contribution in [2.75, 3.05) is 26.2 Å². The molecular formula is C21H30N2O2. The lowest BCUT2D eigenvalue weighted by Gasteiger charge is -2.30. The van der Waals surface area contributed by atoms with Crippen LogP contribution >= 0.6 is 0 Å². The summed E-state index contributed by atoms with van der Waals surface area (Å²) in [6.45, 7) is 9.10. The number of nitrogens with one attached hydrogen (secondary N) is 1. The molecule has 4 heteroatoms. The molecule has 4 nitrogen and oxygen atoms in total. The van der Waals surface area contributed by atoms with E-state index in [1.165, 1.54) is 5.56 Å². The molecule has 1 atom stereocenters. The third-order valence-electron chi connectivity index (χ3n) is 4.90. The zero-order valence-corrected chi connectivity index (χ0v) is 15.6. The lowest BCUT2D eigenvalue weighted by atomic mass is 9.86. The third-order valence-corrected chi connectivity index (χ3v) is 4.90. The summed E-state index contributed by atoms with van der Waals surface area (Å²) >= 11 is 0. The molecule has 0 radical (unpaired) electrons. The van der Waals surface area contributed by atoms with Crippen LogP contribution in [0.15, 0.2) is 24.3 Å². The van der Waals surface area contributed by atoms with Gasteiger partial charge in [0.2, 0.25) is 5.91 Å². The first-order chi connectivity index (χ1) is 11.8.